The molecule has 9 atom stereocenters. The molecular formula is C24H42O4Si. The Hall–Kier alpha value is -0.393. The molecular weight excluding hydrogens is 380 g/mol. The normalized spacial score (nSPS) is 50.0. The lowest BCUT2D eigenvalue weighted by atomic mass is 9.43. The van der Waals surface area contributed by atoms with Gasteiger partial charge in [-0.05, 0) is 73.9 Å². The van der Waals surface area contributed by atoms with E-state index >= 15 is 0 Å². The van der Waals surface area contributed by atoms with E-state index in [0.717, 1.165) is 32.1 Å². The molecule has 3 aliphatic carbocycles. The van der Waals surface area contributed by atoms with Crippen LogP contribution >= 0.6 is 0 Å². The number of hydrogen-bond donors (Lipinski definition) is 1. The zero-order valence-electron chi connectivity index (χ0n) is 19.7. The van der Waals surface area contributed by atoms with Crippen molar-refractivity contribution in [2.45, 2.75) is 110 Å². The van der Waals surface area contributed by atoms with Crippen LogP contribution in [0.15, 0.2) is 0 Å². The molecule has 4 nitrogen and oxygen atoms in total. The van der Waals surface area contributed by atoms with Crippen LogP contribution in [0.3, 0.4) is 0 Å². The van der Waals surface area contributed by atoms with Crippen LogP contribution in [0.2, 0.25) is 18.1 Å². The molecule has 0 spiro atoms. The molecule has 4 rings (SSSR count). The summed E-state index contributed by atoms with van der Waals surface area (Å²) in [5.74, 6) is 1.42. The fourth-order valence-corrected chi connectivity index (χ4v) is 8.87. The van der Waals surface area contributed by atoms with Gasteiger partial charge in [0.15, 0.2) is 8.32 Å². The van der Waals surface area contributed by atoms with Crippen LogP contribution in [0, 0.1) is 34.5 Å². The molecule has 1 N–H and O–H groups in total. The number of fused-ring (bicyclic) bond motifs is 6. The number of ether oxygens (including phenoxy) is 1. The van der Waals surface area contributed by atoms with Crippen molar-refractivity contribution >= 4 is 14.3 Å². The minimum atomic E-state index is -2.01. The number of aliphatic hydroxyl groups is 1. The fourth-order valence-electron chi connectivity index (χ4n) is 7.53. The van der Waals surface area contributed by atoms with Gasteiger partial charge in [0.05, 0.1) is 11.5 Å². The second kappa shape index (κ2) is 6.55. The van der Waals surface area contributed by atoms with Gasteiger partial charge in [0.1, 0.15) is 6.10 Å². The van der Waals surface area contributed by atoms with Crippen molar-refractivity contribution in [2.75, 3.05) is 0 Å². The Kier molecular flexibility index (Phi) is 4.93. The van der Waals surface area contributed by atoms with Gasteiger partial charge in [0.2, 0.25) is 0 Å². The lowest BCUT2D eigenvalue weighted by Gasteiger charge is -2.63. The molecule has 3 saturated carbocycles. The quantitative estimate of drug-likeness (QED) is 0.494. The number of carbonyl (C=O) groups is 1. The van der Waals surface area contributed by atoms with Gasteiger partial charge in [-0.1, -0.05) is 34.6 Å². The number of aliphatic hydroxyl groups excluding tert-OH is 1. The first-order chi connectivity index (χ1) is 13.2. The predicted octanol–water partition coefficient (Wildman–Crippen LogP) is 5.15. The van der Waals surface area contributed by atoms with Crippen LogP contribution in [-0.2, 0) is 14.0 Å². The third kappa shape index (κ3) is 3.17. The second-order valence-corrected chi connectivity index (χ2v) is 17.7. The van der Waals surface area contributed by atoms with Crippen LogP contribution in [0.25, 0.3) is 0 Å². The van der Waals surface area contributed by atoms with E-state index in [1.807, 2.05) is 0 Å². The van der Waals surface area contributed by atoms with Gasteiger partial charge in [-0.3, -0.25) is 4.79 Å². The zero-order valence-corrected chi connectivity index (χ0v) is 20.7. The molecule has 5 heteroatoms. The molecule has 0 aromatic heterocycles. The second-order valence-electron chi connectivity index (χ2n) is 12.9. The minimum Gasteiger partial charge on any atom is -0.462 e. The monoisotopic (exact) mass is 422 g/mol. The first-order valence-electron chi connectivity index (χ1n) is 11.8. The Balaban J connectivity index is 1.78. The van der Waals surface area contributed by atoms with E-state index in [-0.39, 0.29) is 46.6 Å². The van der Waals surface area contributed by atoms with Gasteiger partial charge in [0.25, 0.3) is 0 Å². The maximum absolute atomic E-state index is 13.1. The molecule has 1 saturated heterocycles. The molecule has 166 valence electrons. The van der Waals surface area contributed by atoms with Crippen molar-refractivity contribution in [3.05, 3.63) is 0 Å². The highest BCUT2D eigenvalue weighted by atomic mass is 28.4. The maximum Gasteiger partial charge on any atom is 0.312 e. The first-order valence-corrected chi connectivity index (χ1v) is 14.7. The van der Waals surface area contributed by atoms with Crippen molar-refractivity contribution in [1.29, 1.82) is 0 Å². The van der Waals surface area contributed by atoms with E-state index in [9.17, 15) is 9.90 Å². The van der Waals surface area contributed by atoms with Gasteiger partial charge in [-0.15, -0.1) is 0 Å². The zero-order chi connectivity index (χ0) is 21.6. The molecule has 2 unspecified atom stereocenters. The van der Waals surface area contributed by atoms with E-state index in [4.69, 9.17) is 9.16 Å². The largest absolute Gasteiger partial charge is 0.462 e. The van der Waals surface area contributed by atoms with E-state index < -0.39 is 13.7 Å². The average molecular weight is 423 g/mol. The summed E-state index contributed by atoms with van der Waals surface area (Å²) in [6.45, 7) is 18.3. The average Bonchev–Trinajstić information content (AvgIpc) is 2.76. The molecule has 1 aliphatic heterocycles. The van der Waals surface area contributed by atoms with E-state index in [0.29, 0.717) is 11.8 Å². The Bertz CT molecular complexity index is 685. The minimum absolute atomic E-state index is 0.0112. The SMILES string of the molecule is CC1CC2[C@H](C[C@H](O[Si](C)(C)C(C)(C)C)[C@@H]3[C@@]4(C)C[C@H](C[C@@]23C)OC4=O)[C@H](O)C1. The summed E-state index contributed by atoms with van der Waals surface area (Å²) in [4.78, 5) is 13.1. The van der Waals surface area contributed by atoms with Crippen molar-refractivity contribution in [3.8, 4) is 0 Å². The van der Waals surface area contributed by atoms with Crippen LogP contribution in [-0.4, -0.2) is 37.7 Å². The van der Waals surface area contributed by atoms with E-state index in [1.54, 1.807) is 0 Å². The van der Waals surface area contributed by atoms with Crippen molar-refractivity contribution < 1.29 is 19.1 Å². The lowest BCUT2D eigenvalue weighted by molar-refractivity contribution is -0.187. The van der Waals surface area contributed by atoms with Crippen LogP contribution < -0.4 is 0 Å². The maximum atomic E-state index is 13.1. The summed E-state index contributed by atoms with van der Waals surface area (Å²) in [7, 11) is -2.01. The van der Waals surface area contributed by atoms with Crippen LogP contribution in [0.4, 0.5) is 0 Å². The van der Waals surface area contributed by atoms with Crippen molar-refractivity contribution in [3.63, 3.8) is 0 Å². The molecule has 2 bridgehead atoms. The summed E-state index contributed by atoms with van der Waals surface area (Å²) in [5.41, 5.74) is -0.475. The molecule has 0 aromatic carbocycles. The first kappa shape index (κ1) is 21.8. The summed E-state index contributed by atoms with van der Waals surface area (Å²) in [6, 6.07) is 0. The van der Waals surface area contributed by atoms with Gasteiger partial charge in [-0.25, -0.2) is 0 Å². The fraction of sp³-hybridized carbons (Fsp3) is 0.958. The van der Waals surface area contributed by atoms with Gasteiger partial charge in [0, 0.05) is 18.4 Å². The van der Waals surface area contributed by atoms with E-state index in [1.165, 1.54) is 0 Å². The Morgan fingerprint density at radius 3 is 2.41 bits per heavy atom. The molecule has 29 heavy (non-hydrogen) atoms. The molecule has 1 heterocycles. The molecule has 0 aromatic rings. The van der Waals surface area contributed by atoms with Crippen LogP contribution in [0.1, 0.15) is 73.6 Å². The van der Waals surface area contributed by atoms with Crippen molar-refractivity contribution in [1.82, 2.24) is 0 Å². The highest BCUT2D eigenvalue weighted by molar-refractivity contribution is 6.74. The standard InChI is InChI=1S/C24H42O4Si/c1-14-9-17-16(18(25)10-14)11-19(28-29(7,8)22(2,3)4)20-23(17,5)12-15-13-24(20,6)21(26)27-15/h14-20,25H,9-13H2,1-8H3/t14?,15-,16-,17?,18+,19-,20-,23-,24+/m0/s1. The summed E-state index contributed by atoms with van der Waals surface area (Å²) in [6.07, 6.45) is 4.51. The summed E-state index contributed by atoms with van der Waals surface area (Å²) >= 11 is 0. The van der Waals surface area contributed by atoms with E-state index in [2.05, 4.69) is 54.6 Å². The number of carbonyl (C=O) groups excluding carboxylic acids is 1. The predicted molar refractivity (Wildman–Crippen MR) is 117 cm³/mol. The molecule has 4 aliphatic rings. The van der Waals surface area contributed by atoms with Crippen LogP contribution in [0.5, 0.6) is 0 Å². The third-order valence-corrected chi connectivity index (χ3v) is 14.2. The smallest absolute Gasteiger partial charge is 0.312 e. The lowest BCUT2D eigenvalue weighted by Crippen LogP contribution is -2.64. The van der Waals surface area contributed by atoms with Crippen molar-refractivity contribution in [2.24, 2.45) is 34.5 Å². The number of esters is 1. The highest BCUT2D eigenvalue weighted by Crippen LogP contribution is 2.67. The third-order valence-electron chi connectivity index (χ3n) is 9.74. The Labute approximate surface area is 178 Å². The summed E-state index contributed by atoms with van der Waals surface area (Å²) < 4.78 is 13.0. The van der Waals surface area contributed by atoms with Gasteiger partial charge in [-0.2, -0.15) is 0 Å². The Morgan fingerprint density at radius 2 is 1.79 bits per heavy atom. The Morgan fingerprint density at radius 1 is 1.14 bits per heavy atom. The molecule has 4 fully saturated rings. The number of rotatable bonds is 2. The topological polar surface area (TPSA) is 55.8 Å². The van der Waals surface area contributed by atoms with Gasteiger partial charge < -0.3 is 14.3 Å². The number of hydrogen-bond acceptors (Lipinski definition) is 4. The highest BCUT2D eigenvalue weighted by Gasteiger charge is 2.69. The summed E-state index contributed by atoms with van der Waals surface area (Å²) in [5, 5.41) is 11.2. The molecule has 0 amide bonds. The van der Waals surface area contributed by atoms with Gasteiger partial charge >= 0.3 is 5.97 Å². The molecule has 0 radical (unpaired) electrons.